The smallest absolute Gasteiger partial charge is 0.0575 e. The average Bonchev–Trinajstić information content (AvgIpc) is 2.37. The summed E-state index contributed by atoms with van der Waals surface area (Å²) >= 11 is 0. The average molecular weight is 243 g/mol. The molecule has 0 aromatic heterocycles. The van der Waals surface area contributed by atoms with E-state index in [1.807, 2.05) is 0 Å². The van der Waals surface area contributed by atoms with Gasteiger partial charge in [-0.2, -0.15) is 0 Å². The Balaban J connectivity index is 1.86. The topological polar surface area (TPSA) is 30.5 Å². The Morgan fingerprint density at radius 2 is 1.94 bits per heavy atom. The lowest BCUT2D eigenvalue weighted by Crippen LogP contribution is -2.29. The molecule has 1 saturated carbocycles. The van der Waals surface area contributed by atoms with Crippen LogP contribution in [0.25, 0.3) is 0 Å². The van der Waals surface area contributed by atoms with Gasteiger partial charge in [-0.25, -0.2) is 0 Å². The summed E-state index contributed by atoms with van der Waals surface area (Å²) in [7, 11) is 1.75. The summed E-state index contributed by atoms with van der Waals surface area (Å²) in [6, 6.07) is 0.546. The molecule has 0 aromatic carbocycles. The van der Waals surface area contributed by atoms with Crippen LogP contribution in [-0.4, -0.2) is 39.0 Å². The maximum Gasteiger partial charge on any atom is 0.0575 e. The Morgan fingerprint density at radius 3 is 2.65 bits per heavy atom. The molecule has 1 rings (SSSR count). The summed E-state index contributed by atoms with van der Waals surface area (Å²) in [6.45, 7) is 5.01. The van der Waals surface area contributed by atoms with Gasteiger partial charge in [-0.1, -0.05) is 19.3 Å². The van der Waals surface area contributed by atoms with E-state index in [-0.39, 0.29) is 0 Å². The van der Waals surface area contributed by atoms with Gasteiger partial charge in [0.05, 0.1) is 6.10 Å². The first-order chi connectivity index (χ1) is 8.33. The zero-order valence-corrected chi connectivity index (χ0v) is 11.5. The van der Waals surface area contributed by atoms with Crippen molar-refractivity contribution < 1.29 is 9.47 Å². The minimum Gasteiger partial charge on any atom is -0.385 e. The number of methoxy groups -OCH3 is 1. The maximum atomic E-state index is 5.88. The molecule has 0 amide bonds. The highest BCUT2D eigenvalue weighted by molar-refractivity contribution is 4.65. The van der Waals surface area contributed by atoms with Crippen LogP contribution in [0, 0.1) is 0 Å². The van der Waals surface area contributed by atoms with E-state index in [0.29, 0.717) is 12.1 Å². The van der Waals surface area contributed by atoms with E-state index in [1.54, 1.807) is 7.11 Å². The predicted octanol–water partition coefficient (Wildman–Crippen LogP) is 2.74. The van der Waals surface area contributed by atoms with Gasteiger partial charge in [-0.3, -0.25) is 0 Å². The third kappa shape index (κ3) is 7.74. The fourth-order valence-electron chi connectivity index (χ4n) is 2.30. The summed E-state index contributed by atoms with van der Waals surface area (Å²) in [6.07, 6.45) is 9.42. The minimum absolute atomic E-state index is 0.546. The van der Waals surface area contributed by atoms with Gasteiger partial charge in [0.2, 0.25) is 0 Å². The molecule has 17 heavy (non-hydrogen) atoms. The Labute approximate surface area is 106 Å². The van der Waals surface area contributed by atoms with Crippen LogP contribution in [0.15, 0.2) is 0 Å². The molecule has 1 aliphatic rings. The van der Waals surface area contributed by atoms with E-state index in [9.17, 15) is 0 Å². The Hall–Kier alpha value is -0.120. The van der Waals surface area contributed by atoms with Crippen molar-refractivity contribution in [3.05, 3.63) is 0 Å². The van der Waals surface area contributed by atoms with Crippen molar-refractivity contribution in [1.82, 2.24) is 5.32 Å². The molecule has 0 saturated heterocycles. The second kappa shape index (κ2) is 9.86. The molecule has 0 aliphatic heterocycles. The van der Waals surface area contributed by atoms with E-state index in [4.69, 9.17) is 9.47 Å². The van der Waals surface area contributed by atoms with Crippen LogP contribution in [0.1, 0.15) is 51.9 Å². The number of nitrogens with one attached hydrogen (secondary N) is 1. The summed E-state index contributed by atoms with van der Waals surface area (Å²) in [5.41, 5.74) is 0. The molecule has 3 heteroatoms. The number of ether oxygens (including phenoxy) is 2. The van der Waals surface area contributed by atoms with E-state index in [2.05, 4.69) is 12.2 Å². The molecular weight excluding hydrogens is 214 g/mol. The summed E-state index contributed by atoms with van der Waals surface area (Å²) in [4.78, 5) is 0. The normalized spacial score (nSPS) is 19.4. The van der Waals surface area contributed by atoms with E-state index >= 15 is 0 Å². The first kappa shape index (κ1) is 14.9. The van der Waals surface area contributed by atoms with Crippen molar-refractivity contribution in [2.24, 2.45) is 0 Å². The van der Waals surface area contributed by atoms with Crippen molar-refractivity contribution in [3.8, 4) is 0 Å². The van der Waals surface area contributed by atoms with Crippen molar-refractivity contribution in [2.75, 3.05) is 26.9 Å². The van der Waals surface area contributed by atoms with Gasteiger partial charge in [-0.05, 0) is 39.2 Å². The highest BCUT2D eigenvalue weighted by Gasteiger charge is 2.12. The van der Waals surface area contributed by atoms with Crippen LogP contribution in [0.2, 0.25) is 0 Å². The fourth-order valence-corrected chi connectivity index (χ4v) is 2.30. The second-order valence-electron chi connectivity index (χ2n) is 5.12. The molecule has 1 atom stereocenters. The zero-order chi connectivity index (χ0) is 12.3. The molecule has 102 valence electrons. The molecule has 0 spiro atoms. The minimum atomic E-state index is 0.546. The van der Waals surface area contributed by atoms with E-state index in [0.717, 1.165) is 32.6 Å². The molecular formula is C14H29NO2. The van der Waals surface area contributed by atoms with Crippen LogP contribution in [-0.2, 0) is 9.47 Å². The Bertz CT molecular complexity index is 170. The van der Waals surface area contributed by atoms with Crippen molar-refractivity contribution in [1.29, 1.82) is 0 Å². The largest absolute Gasteiger partial charge is 0.385 e. The maximum absolute atomic E-state index is 5.88. The fraction of sp³-hybridized carbons (Fsp3) is 1.00. The zero-order valence-electron chi connectivity index (χ0n) is 11.5. The molecule has 0 radical (unpaired) electrons. The number of rotatable bonds is 9. The third-order valence-corrected chi connectivity index (χ3v) is 3.47. The van der Waals surface area contributed by atoms with Gasteiger partial charge in [0.1, 0.15) is 0 Å². The molecule has 1 aliphatic carbocycles. The molecule has 0 heterocycles. The summed E-state index contributed by atoms with van der Waals surface area (Å²) in [5, 5.41) is 3.50. The molecule has 3 nitrogen and oxygen atoms in total. The first-order valence-corrected chi connectivity index (χ1v) is 7.17. The SMILES string of the molecule is COCCC(C)NCCCOC1CCCCC1. The molecule has 1 unspecified atom stereocenters. The van der Waals surface area contributed by atoms with Gasteiger partial charge in [0, 0.05) is 26.4 Å². The van der Waals surface area contributed by atoms with Gasteiger partial charge in [0.25, 0.3) is 0 Å². The molecule has 1 fully saturated rings. The highest BCUT2D eigenvalue weighted by atomic mass is 16.5. The summed E-state index contributed by atoms with van der Waals surface area (Å²) < 4.78 is 10.9. The Kier molecular flexibility index (Phi) is 8.67. The van der Waals surface area contributed by atoms with Crippen LogP contribution in [0.4, 0.5) is 0 Å². The first-order valence-electron chi connectivity index (χ1n) is 7.17. The molecule has 0 aromatic rings. The Morgan fingerprint density at radius 1 is 1.18 bits per heavy atom. The standard InChI is InChI=1S/C14H29NO2/c1-13(9-12-16-2)15-10-6-11-17-14-7-4-3-5-8-14/h13-15H,3-12H2,1-2H3. The van der Waals surface area contributed by atoms with Crippen LogP contribution in [0.3, 0.4) is 0 Å². The van der Waals surface area contributed by atoms with Crippen molar-refractivity contribution in [3.63, 3.8) is 0 Å². The number of hydrogen-bond donors (Lipinski definition) is 1. The van der Waals surface area contributed by atoms with Gasteiger partial charge >= 0.3 is 0 Å². The van der Waals surface area contributed by atoms with Gasteiger partial charge in [-0.15, -0.1) is 0 Å². The third-order valence-electron chi connectivity index (χ3n) is 3.47. The van der Waals surface area contributed by atoms with Crippen molar-refractivity contribution >= 4 is 0 Å². The summed E-state index contributed by atoms with van der Waals surface area (Å²) in [5.74, 6) is 0. The van der Waals surface area contributed by atoms with Crippen LogP contribution in [0.5, 0.6) is 0 Å². The lowest BCUT2D eigenvalue weighted by atomic mass is 9.98. The quantitative estimate of drug-likeness (QED) is 0.632. The lowest BCUT2D eigenvalue weighted by Gasteiger charge is -2.22. The molecule has 0 bridgehead atoms. The highest BCUT2D eigenvalue weighted by Crippen LogP contribution is 2.20. The lowest BCUT2D eigenvalue weighted by molar-refractivity contribution is 0.0270. The van der Waals surface area contributed by atoms with Crippen LogP contribution < -0.4 is 5.32 Å². The van der Waals surface area contributed by atoms with Crippen molar-refractivity contribution in [2.45, 2.75) is 64.0 Å². The van der Waals surface area contributed by atoms with Gasteiger partial charge < -0.3 is 14.8 Å². The monoisotopic (exact) mass is 243 g/mol. The van der Waals surface area contributed by atoms with E-state index < -0.39 is 0 Å². The van der Waals surface area contributed by atoms with E-state index in [1.165, 1.54) is 32.1 Å². The van der Waals surface area contributed by atoms with Gasteiger partial charge in [0.15, 0.2) is 0 Å². The van der Waals surface area contributed by atoms with Crippen LogP contribution >= 0.6 is 0 Å². The predicted molar refractivity (Wildman–Crippen MR) is 71.4 cm³/mol. The second-order valence-corrected chi connectivity index (χ2v) is 5.12. The molecule has 1 N–H and O–H groups in total. The number of hydrogen-bond acceptors (Lipinski definition) is 3.